The molecule has 0 bridgehead atoms. The molecule has 0 saturated carbocycles. The van der Waals surface area contributed by atoms with Crippen molar-refractivity contribution in [3.8, 4) is 0 Å². The molecule has 0 radical (unpaired) electrons. The molecule has 2 aromatic carbocycles. The highest BCUT2D eigenvalue weighted by Crippen LogP contribution is 2.42. The van der Waals surface area contributed by atoms with Gasteiger partial charge < -0.3 is 10.1 Å². The van der Waals surface area contributed by atoms with Crippen LogP contribution in [0.4, 0.5) is 0 Å². The van der Waals surface area contributed by atoms with Gasteiger partial charge in [-0.2, -0.15) is 0 Å². The van der Waals surface area contributed by atoms with Gasteiger partial charge in [0.1, 0.15) is 6.61 Å². The molecule has 1 N–H and O–H groups in total. The van der Waals surface area contributed by atoms with E-state index in [-0.39, 0.29) is 24.3 Å². The molecule has 2 aliphatic rings. The molecule has 29 heavy (non-hydrogen) atoms. The first kappa shape index (κ1) is 19.2. The van der Waals surface area contributed by atoms with Crippen LogP contribution in [0.5, 0.6) is 0 Å². The molecular weight excluding hydrogens is 362 g/mol. The monoisotopic (exact) mass is 387 g/mol. The lowest BCUT2D eigenvalue weighted by Gasteiger charge is -2.34. The van der Waals surface area contributed by atoms with E-state index in [4.69, 9.17) is 4.74 Å². The molecule has 1 atom stereocenters. The highest BCUT2D eigenvalue weighted by atomic mass is 16.5. The molecule has 4 nitrogen and oxygen atoms in total. The number of rotatable bonds is 4. The molecule has 148 valence electrons. The van der Waals surface area contributed by atoms with Crippen LogP contribution < -0.4 is 5.32 Å². The molecule has 4 heteroatoms. The Morgan fingerprint density at radius 2 is 1.86 bits per heavy atom. The second-order valence-electron chi connectivity index (χ2n) is 7.74. The van der Waals surface area contributed by atoms with Crippen molar-refractivity contribution in [2.75, 3.05) is 0 Å². The van der Waals surface area contributed by atoms with Gasteiger partial charge in [0.25, 0.3) is 0 Å². The fraction of sp³-hybridized carbons (Fsp3) is 0.280. The van der Waals surface area contributed by atoms with Crippen molar-refractivity contribution in [1.82, 2.24) is 5.32 Å². The maximum absolute atomic E-state index is 13.2. The van der Waals surface area contributed by atoms with Crippen molar-refractivity contribution in [2.45, 2.75) is 45.6 Å². The Hall–Kier alpha value is -3.14. The van der Waals surface area contributed by atoms with Crippen LogP contribution in [0.2, 0.25) is 0 Å². The summed E-state index contributed by atoms with van der Waals surface area (Å²) in [4.78, 5) is 26.1. The number of esters is 1. The first-order valence-electron chi connectivity index (χ1n) is 10.1. The van der Waals surface area contributed by atoms with Gasteiger partial charge in [-0.05, 0) is 37.8 Å². The summed E-state index contributed by atoms with van der Waals surface area (Å²) in [7, 11) is 0. The lowest BCUT2D eigenvalue weighted by atomic mass is 9.75. The molecule has 1 aliphatic heterocycles. The summed E-state index contributed by atoms with van der Waals surface area (Å²) in [5, 5.41) is 3.33. The standard InChI is InChI=1S/C25H25NO3/c1-16-8-6-11-19(14-16)23-22(25(28)29-15-18-9-4-3-5-10-18)17(2)26-20-12-7-13-21(27)24(20)23/h3-6,8-11,14,23,26H,7,12-13,15H2,1-2H3/t23-/m0/s1. The Balaban J connectivity index is 1.72. The third kappa shape index (κ3) is 3.88. The fourth-order valence-electron chi connectivity index (χ4n) is 4.24. The van der Waals surface area contributed by atoms with Gasteiger partial charge in [-0.3, -0.25) is 4.79 Å². The smallest absolute Gasteiger partial charge is 0.337 e. The van der Waals surface area contributed by atoms with Crippen molar-refractivity contribution < 1.29 is 14.3 Å². The zero-order valence-electron chi connectivity index (χ0n) is 16.8. The van der Waals surface area contributed by atoms with E-state index in [1.807, 2.05) is 62.4 Å². The number of ether oxygens (including phenoxy) is 1. The summed E-state index contributed by atoms with van der Waals surface area (Å²) in [5.41, 5.74) is 5.96. The van der Waals surface area contributed by atoms with Gasteiger partial charge in [0.2, 0.25) is 0 Å². The minimum absolute atomic E-state index is 0.117. The van der Waals surface area contributed by atoms with Crippen molar-refractivity contribution in [3.63, 3.8) is 0 Å². The van der Waals surface area contributed by atoms with Crippen molar-refractivity contribution in [1.29, 1.82) is 0 Å². The number of dihydropyridines is 1. The lowest BCUT2D eigenvalue weighted by Crippen LogP contribution is -2.34. The Morgan fingerprint density at radius 1 is 1.07 bits per heavy atom. The summed E-state index contributed by atoms with van der Waals surface area (Å²) in [6.07, 6.45) is 2.19. The molecule has 0 amide bonds. The Bertz CT molecular complexity index is 1020. The average Bonchev–Trinajstić information content (AvgIpc) is 2.72. The van der Waals surface area contributed by atoms with Gasteiger partial charge in [-0.25, -0.2) is 4.79 Å². The van der Waals surface area contributed by atoms with Crippen LogP contribution >= 0.6 is 0 Å². The van der Waals surface area contributed by atoms with Crippen LogP contribution in [0.3, 0.4) is 0 Å². The average molecular weight is 387 g/mol. The van der Waals surface area contributed by atoms with Crippen LogP contribution in [-0.2, 0) is 20.9 Å². The quantitative estimate of drug-likeness (QED) is 0.772. The number of aryl methyl sites for hydroxylation is 1. The number of carbonyl (C=O) groups is 2. The number of allylic oxidation sites excluding steroid dienone is 3. The topological polar surface area (TPSA) is 55.4 Å². The molecule has 2 aromatic rings. The Morgan fingerprint density at radius 3 is 2.62 bits per heavy atom. The third-order valence-electron chi connectivity index (χ3n) is 5.58. The fourth-order valence-corrected chi connectivity index (χ4v) is 4.24. The van der Waals surface area contributed by atoms with E-state index in [9.17, 15) is 9.59 Å². The molecule has 0 spiro atoms. The summed E-state index contributed by atoms with van der Waals surface area (Å²) in [6.45, 7) is 4.12. The largest absolute Gasteiger partial charge is 0.457 e. The van der Waals surface area contributed by atoms with Gasteiger partial charge in [-0.1, -0.05) is 60.2 Å². The van der Waals surface area contributed by atoms with E-state index in [1.165, 1.54) is 0 Å². The molecule has 0 unspecified atom stereocenters. The number of benzene rings is 2. The van der Waals surface area contributed by atoms with E-state index < -0.39 is 0 Å². The van der Waals surface area contributed by atoms with Gasteiger partial charge in [0.15, 0.2) is 5.78 Å². The number of ketones is 1. The minimum atomic E-state index is -0.387. The van der Waals surface area contributed by atoms with Gasteiger partial charge >= 0.3 is 5.97 Å². The third-order valence-corrected chi connectivity index (χ3v) is 5.58. The SMILES string of the molecule is CC1=C(C(=O)OCc2ccccc2)[C@H](c2cccc(C)c2)C2=C(CCCC2=O)N1. The first-order chi connectivity index (χ1) is 14.0. The molecule has 4 rings (SSSR count). The van der Waals surface area contributed by atoms with Crippen molar-refractivity contribution >= 4 is 11.8 Å². The second-order valence-corrected chi connectivity index (χ2v) is 7.74. The number of hydrogen-bond acceptors (Lipinski definition) is 4. The highest BCUT2D eigenvalue weighted by Gasteiger charge is 2.39. The predicted octanol–water partition coefficient (Wildman–Crippen LogP) is 4.71. The molecular formula is C25H25NO3. The molecule has 0 saturated heterocycles. The zero-order valence-corrected chi connectivity index (χ0v) is 16.8. The van der Waals surface area contributed by atoms with E-state index in [1.54, 1.807) is 0 Å². The van der Waals surface area contributed by atoms with Gasteiger partial charge in [-0.15, -0.1) is 0 Å². The normalized spacial score (nSPS) is 19.0. The van der Waals surface area contributed by atoms with Crippen LogP contribution in [0.25, 0.3) is 0 Å². The lowest BCUT2D eigenvalue weighted by molar-refractivity contribution is -0.140. The van der Waals surface area contributed by atoms with Crippen LogP contribution in [0, 0.1) is 6.92 Å². The van der Waals surface area contributed by atoms with Gasteiger partial charge in [0, 0.05) is 29.3 Å². The number of hydrogen-bond donors (Lipinski definition) is 1. The van der Waals surface area contributed by atoms with Crippen LogP contribution in [-0.4, -0.2) is 11.8 Å². The molecule has 0 fully saturated rings. The van der Waals surface area contributed by atoms with Crippen LogP contribution in [0.1, 0.15) is 48.8 Å². The molecule has 1 aliphatic carbocycles. The number of Topliss-reactive ketones (excluding diaryl/α,β-unsaturated/α-hetero) is 1. The number of nitrogens with one attached hydrogen (secondary N) is 1. The predicted molar refractivity (Wildman–Crippen MR) is 112 cm³/mol. The van der Waals surface area contributed by atoms with E-state index in [0.717, 1.165) is 46.5 Å². The van der Waals surface area contributed by atoms with Crippen molar-refractivity contribution in [2.24, 2.45) is 0 Å². The molecule has 0 aromatic heterocycles. The highest BCUT2D eigenvalue weighted by molar-refractivity contribution is 6.03. The second kappa shape index (κ2) is 8.08. The first-order valence-corrected chi connectivity index (χ1v) is 10.1. The van der Waals surface area contributed by atoms with Crippen molar-refractivity contribution in [3.05, 3.63) is 93.8 Å². The van der Waals surface area contributed by atoms with E-state index >= 15 is 0 Å². The Kier molecular flexibility index (Phi) is 5.34. The Labute approximate surface area is 171 Å². The van der Waals surface area contributed by atoms with E-state index in [0.29, 0.717) is 12.0 Å². The number of carbonyl (C=O) groups excluding carboxylic acids is 2. The maximum Gasteiger partial charge on any atom is 0.337 e. The summed E-state index contributed by atoms with van der Waals surface area (Å²) >= 11 is 0. The summed E-state index contributed by atoms with van der Waals surface area (Å²) in [6, 6.07) is 17.7. The summed E-state index contributed by atoms with van der Waals surface area (Å²) < 4.78 is 5.66. The maximum atomic E-state index is 13.2. The van der Waals surface area contributed by atoms with E-state index in [2.05, 4.69) is 11.4 Å². The van der Waals surface area contributed by atoms with Crippen LogP contribution in [0.15, 0.2) is 77.1 Å². The molecule has 1 heterocycles. The zero-order chi connectivity index (χ0) is 20.4. The minimum Gasteiger partial charge on any atom is -0.457 e. The van der Waals surface area contributed by atoms with Gasteiger partial charge in [0.05, 0.1) is 5.57 Å². The summed E-state index contributed by atoms with van der Waals surface area (Å²) in [5.74, 6) is -0.649.